The molecule has 3 rings (SSSR count). The van der Waals surface area contributed by atoms with Crippen LogP contribution < -0.4 is 5.43 Å². The number of aryl methyl sites for hydroxylation is 1. The van der Waals surface area contributed by atoms with Crippen LogP contribution in [0.3, 0.4) is 0 Å². The number of hydrogen-bond acceptors (Lipinski definition) is 1. The quantitative estimate of drug-likeness (QED) is 0.430. The number of hydrogen-bond donors (Lipinski definition) is 0. The largest absolute Gasteiger partial charge is 0.416 e. The van der Waals surface area contributed by atoms with Gasteiger partial charge in [-0.1, -0.05) is 31.2 Å². The number of aromatic nitrogens is 1. The Morgan fingerprint density at radius 1 is 0.767 bits per heavy atom. The number of pyridine rings is 1. The van der Waals surface area contributed by atoms with E-state index in [1.165, 1.54) is 36.7 Å². The lowest BCUT2D eigenvalue weighted by atomic mass is 9.98. The molecule has 0 saturated carbocycles. The summed E-state index contributed by atoms with van der Waals surface area (Å²) in [5, 5.41) is 0. The Labute approximate surface area is 168 Å². The van der Waals surface area contributed by atoms with Crippen LogP contribution in [0.5, 0.6) is 0 Å². The van der Waals surface area contributed by atoms with E-state index in [4.69, 9.17) is 0 Å². The predicted octanol–water partition coefficient (Wildman–Crippen LogP) is 6.63. The van der Waals surface area contributed by atoms with Gasteiger partial charge in [-0.3, -0.25) is 4.79 Å². The molecule has 2 aromatic carbocycles. The predicted molar refractivity (Wildman–Crippen MR) is 102 cm³/mol. The number of nitrogens with zero attached hydrogens (tertiary/aromatic N) is 1. The van der Waals surface area contributed by atoms with Gasteiger partial charge in [-0.15, -0.1) is 0 Å². The average molecular weight is 425 g/mol. The van der Waals surface area contributed by atoms with Crippen LogP contribution in [-0.4, -0.2) is 4.57 Å². The van der Waals surface area contributed by atoms with Crippen LogP contribution >= 0.6 is 0 Å². The maximum atomic E-state index is 13.1. The highest BCUT2D eigenvalue weighted by Gasteiger charge is 2.31. The molecule has 8 heteroatoms. The van der Waals surface area contributed by atoms with Gasteiger partial charge in [0.15, 0.2) is 5.43 Å². The molecule has 0 aliphatic heterocycles. The van der Waals surface area contributed by atoms with E-state index in [2.05, 4.69) is 0 Å². The molecule has 0 unspecified atom stereocenters. The third-order valence-electron chi connectivity index (χ3n) is 4.59. The van der Waals surface area contributed by atoms with E-state index in [9.17, 15) is 31.1 Å². The third kappa shape index (κ3) is 4.58. The summed E-state index contributed by atoms with van der Waals surface area (Å²) in [7, 11) is 0. The summed E-state index contributed by atoms with van der Waals surface area (Å²) in [5.74, 6) is 0. The van der Waals surface area contributed by atoms with Gasteiger partial charge in [-0.05, 0) is 41.8 Å². The van der Waals surface area contributed by atoms with Gasteiger partial charge in [0.2, 0.25) is 0 Å². The molecule has 158 valence electrons. The lowest BCUT2D eigenvalue weighted by Gasteiger charge is -2.14. The third-order valence-corrected chi connectivity index (χ3v) is 4.59. The van der Waals surface area contributed by atoms with Crippen molar-refractivity contribution < 1.29 is 26.3 Å². The molecular formula is C22H17F6NO. The Hall–Kier alpha value is -3.03. The molecule has 0 amide bonds. The van der Waals surface area contributed by atoms with E-state index in [0.29, 0.717) is 13.0 Å². The van der Waals surface area contributed by atoms with Gasteiger partial charge in [0.1, 0.15) is 0 Å². The molecular weight excluding hydrogens is 408 g/mol. The van der Waals surface area contributed by atoms with Gasteiger partial charge in [0.25, 0.3) is 0 Å². The van der Waals surface area contributed by atoms with Crippen LogP contribution in [0.25, 0.3) is 22.3 Å². The topological polar surface area (TPSA) is 22.0 Å². The summed E-state index contributed by atoms with van der Waals surface area (Å²) < 4.78 is 79.4. The van der Waals surface area contributed by atoms with E-state index in [0.717, 1.165) is 24.3 Å². The highest BCUT2D eigenvalue weighted by atomic mass is 19.4. The van der Waals surface area contributed by atoms with Crippen LogP contribution in [0.1, 0.15) is 24.5 Å². The van der Waals surface area contributed by atoms with Crippen molar-refractivity contribution in [2.45, 2.75) is 32.2 Å². The second kappa shape index (κ2) is 8.01. The minimum Gasteiger partial charge on any atom is -0.353 e. The highest BCUT2D eigenvalue weighted by Crippen LogP contribution is 2.33. The van der Waals surface area contributed by atoms with Crippen LogP contribution in [0.4, 0.5) is 26.3 Å². The molecule has 2 nitrogen and oxygen atoms in total. The van der Waals surface area contributed by atoms with Crippen molar-refractivity contribution in [3.63, 3.8) is 0 Å². The van der Waals surface area contributed by atoms with Gasteiger partial charge in [-0.2, -0.15) is 26.3 Å². The average Bonchev–Trinajstić information content (AvgIpc) is 2.68. The van der Waals surface area contributed by atoms with E-state index in [-0.39, 0.29) is 22.3 Å². The van der Waals surface area contributed by atoms with Crippen molar-refractivity contribution in [2.75, 3.05) is 0 Å². The summed E-state index contributed by atoms with van der Waals surface area (Å²) in [6.45, 7) is 2.37. The van der Waals surface area contributed by atoms with Gasteiger partial charge in [0, 0.05) is 30.1 Å². The van der Waals surface area contributed by atoms with Crippen molar-refractivity contribution in [1.29, 1.82) is 0 Å². The molecule has 0 N–H and O–H groups in total. The monoisotopic (exact) mass is 425 g/mol. The van der Waals surface area contributed by atoms with Gasteiger partial charge < -0.3 is 4.57 Å². The summed E-state index contributed by atoms with van der Waals surface area (Å²) in [6.07, 6.45) is -5.41. The Morgan fingerprint density at radius 3 is 1.87 bits per heavy atom. The van der Waals surface area contributed by atoms with Crippen molar-refractivity contribution >= 4 is 0 Å². The SMILES string of the molecule is CCCn1cc(-c2ccc(C(F)(F)F)cc2)c(=O)c(-c2cccc(C(F)(F)F)c2)c1. The minimum absolute atomic E-state index is 0.0481. The molecule has 0 bridgehead atoms. The van der Waals surface area contributed by atoms with Crippen molar-refractivity contribution in [3.8, 4) is 22.3 Å². The maximum Gasteiger partial charge on any atom is 0.416 e. The first-order valence-electron chi connectivity index (χ1n) is 9.10. The normalized spacial score (nSPS) is 12.2. The van der Waals surface area contributed by atoms with Gasteiger partial charge in [-0.25, -0.2) is 0 Å². The number of halogens is 6. The highest BCUT2D eigenvalue weighted by molar-refractivity contribution is 5.72. The second-order valence-electron chi connectivity index (χ2n) is 6.81. The van der Waals surface area contributed by atoms with Crippen LogP contribution in [0.15, 0.2) is 65.7 Å². The molecule has 0 aliphatic carbocycles. The zero-order valence-electron chi connectivity index (χ0n) is 15.8. The molecule has 1 aromatic heterocycles. The van der Waals surface area contributed by atoms with E-state index < -0.39 is 28.9 Å². The molecule has 1 heterocycles. The van der Waals surface area contributed by atoms with Gasteiger partial charge in [0.05, 0.1) is 11.1 Å². The molecule has 30 heavy (non-hydrogen) atoms. The summed E-state index contributed by atoms with van der Waals surface area (Å²) >= 11 is 0. The molecule has 0 saturated heterocycles. The first-order valence-corrected chi connectivity index (χ1v) is 9.10. The fourth-order valence-electron chi connectivity index (χ4n) is 3.13. The zero-order valence-corrected chi connectivity index (χ0v) is 15.8. The van der Waals surface area contributed by atoms with Crippen LogP contribution in [0.2, 0.25) is 0 Å². The minimum atomic E-state index is -4.57. The summed E-state index contributed by atoms with van der Waals surface area (Å²) in [4.78, 5) is 13.1. The lowest BCUT2D eigenvalue weighted by molar-refractivity contribution is -0.138. The lowest BCUT2D eigenvalue weighted by Crippen LogP contribution is -2.14. The molecule has 0 radical (unpaired) electrons. The number of alkyl halides is 6. The maximum absolute atomic E-state index is 13.1. The van der Waals surface area contributed by atoms with E-state index in [1.807, 2.05) is 6.92 Å². The van der Waals surface area contributed by atoms with Crippen molar-refractivity contribution in [2.24, 2.45) is 0 Å². The van der Waals surface area contributed by atoms with Crippen molar-refractivity contribution in [1.82, 2.24) is 4.57 Å². The van der Waals surface area contributed by atoms with E-state index >= 15 is 0 Å². The summed E-state index contributed by atoms with van der Waals surface area (Å²) in [5.41, 5.74) is -1.78. The number of benzene rings is 2. The molecule has 3 aromatic rings. The molecule has 0 aliphatic rings. The number of rotatable bonds is 4. The second-order valence-corrected chi connectivity index (χ2v) is 6.81. The zero-order chi connectivity index (χ0) is 22.1. The Bertz CT molecular complexity index is 1090. The summed E-state index contributed by atoms with van der Waals surface area (Å²) in [6, 6.07) is 8.53. The van der Waals surface area contributed by atoms with Crippen LogP contribution in [0, 0.1) is 0 Å². The van der Waals surface area contributed by atoms with Gasteiger partial charge >= 0.3 is 12.4 Å². The molecule has 0 atom stereocenters. The van der Waals surface area contributed by atoms with Crippen LogP contribution in [-0.2, 0) is 18.9 Å². The fraction of sp³-hybridized carbons (Fsp3) is 0.227. The molecule has 0 fully saturated rings. The first kappa shape index (κ1) is 21.7. The Balaban J connectivity index is 2.17. The van der Waals surface area contributed by atoms with E-state index in [1.54, 1.807) is 4.57 Å². The molecule has 0 spiro atoms. The first-order chi connectivity index (χ1) is 14.0. The van der Waals surface area contributed by atoms with Crippen molar-refractivity contribution in [3.05, 3.63) is 82.3 Å². The smallest absolute Gasteiger partial charge is 0.353 e. The Morgan fingerprint density at radius 2 is 1.33 bits per heavy atom. The Kier molecular flexibility index (Phi) is 5.78. The standard InChI is InChI=1S/C22H17F6NO/c1-2-10-29-12-18(14-6-8-16(9-7-14)21(23,24)25)20(30)19(13-29)15-4-3-5-17(11-15)22(26,27)28/h3-9,11-13H,2,10H2,1H3. The fourth-order valence-corrected chi connectivity index (χ4v) is 3.13.